The molecule has 0 aromatic heterocycles. The standard InChI is InChI=1S/C20H18N2O4S/c1-26-19-14-16(22-27(24,25)17-10-6-3-7-11-17)12-13-18(19)21-20(23)15-8-4-2-5-9-15/h2-14,22H,1H3,(H,21,23). The van der Waals surface area contributed by atoms with Gasteiger partial charge in [0.05, 0.1) is 23.4 Å². The number of hydrogen-bond acceptors (Lipinski definition) is 4. The zero-order valence-corrected chi connectivity index (χ0v) is 15.4. The van der Waals surface area contributed by atoms with Gasteiger partial charge in [0, 0.05) is 11.6 Å². The highest BCUT2D eigenvalue weighted by molar-refractivity contribution is 7.92. The fourth-order valence-electron chi connectivity index (χ4n) is 2.46. The molecular weight excluding hydrogens is 364 g/mol. The van der Waals surface area contributed by atoms with Gasteiger partial charge < -0.3 is 10.1 Å². The molecule has 0 fully saturated rings. The van der Waals surface area contributed by atoms with Gasteiger partial charge in [-0.15, -0.1) is 0 Å². The van der Waals surface area contributed by atoms with Crippen LogP contribution in [0, 0.1) is 0 Å². The van der Waals surface area contributed by atoms with Gasteiger partial charge in [0.15, 0.2) is 0 Å². The molecule has 0 aliphatic carbocycles. The molecule has 0 aliphatic heterocycles. The number of carbonyl (C=O) groups is 1. The minimum atomic E-state index is -3.71. The third-order valence-electron chi connectivity index (χ3n) is 3.79. The van der Waals surface area contributed by atoms with E-state index in [1.54, 1.807) is 54.6 Å². The summed E-state index contributed by atoms with van der Waals surface area (Å²) in [5.74, 6) is 0.0547. The molecule has 0 saturated heterocycles. The van der Waals surface area contributed by atoms with Crippen molar-refractivity contribution in [2.24, 2.45) is 0 Å². The predicted octanol–water partition coefficient (Wildman–Crippen LogP) is 3.75. The van der Waals surface area contributed by atoms with Gasteiger partial charge in [-0.25, -0.2) is 8.42 Å². The van der Waals surface area contributed by atoms with Crippen molar-refractivity contribution in [3.63, 3.8) is 0 Å². The lowest BCUT2D eigenvalue weighted by molar-refractivity contribution is 0.102. The molecule has 0 radical (unpaired) electrons. The molecule has 138 valence electrons. The number of nitrogens with one attached hydrogen (secondary N) is 2. The number of amides is 1. The summed E-state index contributed by atoms with van der Waals surface area (Å²) in [6.45, 7) is 0. The zero-order valence-electron chi connectivity index (χ0n) is 14.5. The Bertz CT molecular complexity index is 1040. The molecule has 1 amide bonds. The number of sulfonamides is 1. The van der Waals surface area contributed by atoms with Gasteiger partial charge >= 0.3 is 0 Å². The highest BCUT2D eigenvalue weighted by Crippen LogP contribution is 2.29. The molecular formula is C20H18N2O4S. The van der Waals surface area contributed by atoms with Crippen LogP contribution in [0.3, 0.4) is 0 Å². The first-order chi connectivity index (χ1) is 13.0. The van der Waals surface area contributed by atoms with Crippen LogP contribution in [0.15, 0.2) is 83.8 Å². The third-order valence-corrected chi connectivity index (χ3v) is 5.19. The first-order valence-corrected chi connectivity index (χ1v) is 9.60. The van der Waals surface area contributed by atoms with Crippen LogP contribution in [0.25, 0.3) is 0 Å². The van der Waals surface area contributed by atoms with E-state index >= 15 is 0 Å². The number of hydrogen-bond donors (Lipinski definition) is 2. The Morgan fingerprint density at radius 1 is 0.889 bits per heavy atom. The number of rotatable bonds is 6. The van der Waals surface area contributed by atoms with Crippen molar-refractivity contribution in [3.05, 3.63) is 84.4 Å². The minimum absolute atomic E-state index is 0.158. The summed E-state index contributed by atoms with van der Waals surface area (Å²) >= 11 is 0. The monoisotopic (exact) mass is 382 g/mol. The van der Waals surface area contributed by atoms with Gasteiger partial charge in [0.1, 0.15) is 5.75 Å². The van der Waals surface area contributed by atoms with Crippen molar-refractivity contribution < 1.29 is 17.9 Å². The maximum absolute atomic E-state index is 12.4. The van der Waals surface area contributed by atoms with Crippen molar-refractivity contribution in [2.75, 3.05) is 17.1 Å². The molecule has 3 aromatic rings. The molecule has 3 aromatic carbocycles. The fraction of sp³-hybridized carbons (Fsp3) is 0.0500. The minimum Gasteiger partial charge on any atom is -0.494 e. The lowest BCUT2D eigenvalue weighted by Gasteiger charge is -2.13. The first kappa shape index (κ1) is 18.5. The van der Waals surface area contributed by atoms with E-state index in [1.165, 1.54) is 25.3 Å². The van der Waals surface area contributed by atoms with E-state index in [1.807, 2.05) is 6.07 Å². The molecule has 0 heterocycles. The topological polar surface area (TPSA) is 84.5 Å². The van der Waals surface area contributed by atoms with Crippen LogP contribution < -0.4 is 14.8 Å². The van der Waals surface area contributed by atoms with Gasteiger partial charge in [-0.05, 0) is 36.4 Å². The SMILES string of the molecule is COc1cc(NS(=O)(=O)c2ccccc2)ccc1NC(=O)c1ccccc1. The Balaban J connectivity index is 1.81. The van der Waals surface area contributed by atoms with Crippen molar-refractivity contribution in [3.8, 4) is 5.75 Å². The molecule has 0 aliphatic rings. The Kier molecular flexibility index (Phi) is 5.42. The average molecular weight is 382 g/mol. The van der Waals surface area contributed by atoms with Crippen LogP contribution in [0.1, 0.15) is 10.4 Å². The van der Waals surface area contributed by atoms with Crippen LogP contribution in [-0.2, 0) is 10.0 Å². The van der Waals surface area contributed by atoms with Gasteiger partial charge in [-0.3, -0.25) is 9.52 Å². The van der Waals surface area contributed by atoms with E-state index in [2.05, 4.69) is 10.0 Å². The average Bonchev–Trinajstić information content (AvgIpc) is 2.70. The molecule has 0 saturated carbocycles. The molecule has 6 nitrogen and oxygen atoms in total. The largest absolute Gasteiger partial charge is 0.494 e. The summed E-state index contributed by atoms with van der Waals surface area (Å²) < 4.78 is 32.6. The molecule has 2 N–H and O–H groups in total. The van der Waals surface area contributed by atoms with E-state index in [9.17, 15) is 13.2 Å². The van der Waals surface area contributed by atoms with E-state index in [0.29, 0.717) is 22.7 Å². The smallest absolute Gasteiger partial charge is 0.261 e. The fourth-order valence-corrected chi connectivity index (χ4v) is 3.53. The Morgan fingerprint density at radius 3 is 2.15 bits per heavy atom. The van der Waals surface area contributed by atoms with Crippen molar-refractivity contribution in [1.29, 1.82) is 0 Å². The van der Waals surface area contributed by atoms with Crippen molar-refractivity contribution >= 4 is 27.3 Å². The van der Waals surface area contributed by atoms with Gasteiger partial charge in [0.25, 0.3) is 15.9 Å². The summed E-state index contributed by atoms with van der Waals surface area (Å²) in [7, 11) is -2.26. The van der Waals surface area contributed by atoms with Crippen LogP contribution in [-0.4, -0.2) is 21.4 Å². The van der Waals surface area contributed by atoms with Crippen LogP contribution >= 0.6 is 0 Å². The van der Waals surface area contributed by atoms with Gasteiger partial charge in [-0.2, -0.15) is 0 Å². The Morgan fingerprint density at radius 2 is 1.52 bits per heavy atom. The van der Waals surface area contributed by atoms with Crippen molar-refractivity contribution in [1.82, 2.24) is 0 Å². The molecule has 27 heavy (non-hydrogen) atoms. The highest BCUT2D eigenvalue weighted by Gasteiger charge is 2.15. The van der Waals surface area contributed by atoms with E-state index < -0.39 is 10.0 Å². The number of carbonyl (C=O) groups excluding carboxylic acids is 1. The third kappa shape index (κ3) is 4.45. The molecule has 0 bridgehead atoms. The van der Waals surface area contributed by atoms with Crippen LogP contribution in [0.4, 0.5) is 11.4 Å². The molecule has 0 unspecified atom stereocenters. The maximum Gasteiger partial charge on any atom is 0.261 e. The summed E-state index contributed by atoms with van der Waals surface area (Å²) in [5, 5.41) is 2.76. The second-order valence-electron chi connectivity index (χ2n) is 5.65. The second-order valence-corrected chi connectivity index (χ2v) is 7.34. The number of ether oxygens (including phenoxy) is 1. The van der Waals surface area contributed by atoms with Crippen molar-refractivity contribution in [2.45, 2.75) is 4.90 Å². The summed E-state index contributed by atoms with van der Waals surface area (Å²) in [5.41, 5.74) is 1.27. The summed E-state index contributed by atoms with van der Waals surface area (Å²) in [4.78, 5) is 12.5. The maximum atomic E-state index is 12.4. The summed E-state index contributed by atoms with van der Waals surface area (Å²) in [6, 6.07) is 21.5. The zero-order chi connectivity index (χ0) is 19.3. The number of anilines is 2. The molecule has 0 atom stereocenters. The lowest BCUT2D eigenvalue weighted by atomic mass is 10.2. The predicted molar refractivity (Wildman–Crippen MR) is 105 cm³/mol. The molecule has 3 rings (SSSR count). The molecule has 7 heteroatoms. The Hall–Kier alpha value is -3.32. The van der Waals surface area contributed by atoms with Gasteiger partial charge in [-0.1, -0.05) is 36.4 Å². The van der Waals surface area contributed by atoms with Crippen LogP contribution in [0.5, 0.6) is 5.75 Å². The summed E-state index contributed by atoms with van der Waals surface area (Å²) in [6.07, 6.45) is 0. The quantitative estimate of drug-likeness (QED) is 0.680. The molecule has 0 spiro atoms. The van der Waals surface area contributed by atoms with E-state index in [-0.39, 0.29) is 10.8 Å². The number of benzene rings is 3. The van der Waals surface area contributed by atoms with Gasteiger partial charge in [0.2, 0.25) is 0 Å². The number of methoxy groups -OCH3 is 1. The van der Waals surface area contributed by atoms with Crippen LogP contribution in [0.2, 0.25) is 0 Å². The van der Waals surface area contributed by atoms with E-state index in [4.69, 9.17) is 4.74 Å². The Labute approximate surface area is 157 Å². The normalized spacial score (nSPS) is 10.9. The second kappa shape index (κ2) is 7.92. The van der Waals surface area contributed by atoms with E-state index in [0.717, 1.165) is 0 Å². The highest BCUT2D eigenvalue weighted by atomic mass is 32.2. The lowest BCUT2D eigenvalue weighted by Crippen LogP contribution is -2.14. The first-order valence-electron chi connectivity index (χ1n) is 8.12.